The highest BCUT2D eigenvalue weighted by Crippen LogP contribution is 2.18. The molecule has 0 unspecified atom stereocenters. The average Bonchev–Trinajstić information content (AvgIpc) is 3.15. The number of rotatable bonds is 4. The minimum absolute atomic E-state index is 0.290. The molecule has 3 rings (SSSR count). The van der Waals surface area contributed by atoms with Crippen LogP contribution in [0.3, 0.4) is 0 Å². The number of anilines is 1. The number of aryl methyl sites for hydroxylation is 2. The number of para-hydroxylation sites is 1. The van der Waals surface area contributed by atoms with Crippen molar-refractivity contribution in [1.82, 2.24) is 24.9 Å². The molecule has 0 saturated heterocycles. The molecule has 2 aromatic heterocycles. The maximum atomic E-state index is 12.1. The van der Waals surface area contributed by atoms with E-state index < -0.39 is 0 Å². The molecule has 7 heteroatoms. The van der Waals surface area contributed by atoms with Gasteiger partial charge in [0, 0.05) is 19.3 Å². The van der Waals surface area contributed by atoms with E-state index in [1.54, 1.807) is 27.8 Å². The van der Waals surface area contributed by atoms with Gasteiger partial charge in [0.15, 0.2) is 0 Å². The molecule has 2 amide bonds. The number of amides is 2. The maximum Gasteiger partial charge on any atom is 0.320 e. The minimum atomic E-state index is -0.290. The van der Waals surface area contributed by atoms with Crippen LogP contribution in [0.2, 0.25) is 0 Å². The van der Waals surface area contributed by atoms with Gasteiger partial charge in [-0.15, -0.1) is 0 Å². The van der Waals surface area contributed by atoms with Crippen LogP contribution < -0.4 is 10.6 Å². The fourth-order valence-corrected chi connectivity index (χ4v) is 2.30. The Morgan fingerprint density at radius 1 is 1.13 bits per heavy atom. The zero-order chi connectivity index (χ0) is 16.2. The van der Waals surface area contributed by atoms with Crippen molar-refractivity contribution < 1.29 is 4.79 Å². The summed E-state index contributed by atoms with van der Waals surface area (Å²) < 4.78 is 3.43. The Morgan fingerprint density at radius 2 is 1.91 bits per heavy atom. The summed E-state index contributed by atoms with van der Waals surface area (Å²) in [7, 11) is 1.84. The number of hydrogen-bond acceptors (Lipinski definition) is 3. The molecule has 7 nitrogen and oxygen atoms in total. The average molecular weight is 310 g/mol. The molecule has 0 atom stereocenters. The number of nitrogens with one attached hydrogen (secondary N) is 2. The number of urea groups is 1. The van der Waals surface area contributed by atoms with E-state index in [-0.39, 0.29) is 6.03 Å². The predicted octanol–water partition coefficient (Wildman–Crippen LogP) is 2.24. The number of carbonyl (C=O) groups is 1. The molecule has 2 N–H and O–H groups in total. The number of hydrogen-bond donors (Lipinski definition) is 2. The van der Waals surface area contributed by atoms with Crippen LogP contribution >= 0.6 is 0 Å². The second-order valence-electron chi connectivity index (χ2n) is 5.17. The third-order valence-corrected chi connectivity index (χ3v) is 3.58. The van der Waals surface area contributed by atoms with Crippen LogP contribution in [0.4, 0.5) is 10.6 Å². The normalized spacial score (nSPS) is 10.5. The van der Waals surface area contributed by atoms with Crippen molar-refractivity contribution >= 4 is 11.8 Å². The summed E-state index contributed by atoms with van der Waals surface area (Å²) in [5.41, 5.74) is 2.93. The monoisotopic (exact) mass is 310 g/mol. The highest BCUT2D eigenvalue weighted by molar-refractivity contribution is 5.88. The summed E-state index contributed by atoms with van der Waals surface area (Å²) in [5, 5.41) is 14.0. The van der Waals surface area contributed by atoms with Gasteiger partial charge in [-0.25, -0.2) is 9.48 Å². The van der Waals surface area contributed by atoms with Crippen LogP contribution in [0, 0.1) is 6.92 Å². The molecule has 0 fully saturated rings. The molecular weight excluding hydrogens is 292 g/mol. The van der Waals surface area contributed by atoms with Gasteiger partial charge in [-0.1, -0.05) is 18.2 Å². The standard InChI is InChI=1S/C16H18N6O/c1-12-5-3-4-6-14(12)22-15(8-10-19-22)20-16(23)17-11-13-7-9-18-21(13)2/h3-10H,11H2,1-2H3,(H2,17,20,23). The van der Waals surface area contributed by atoms with Gasteiger partial charge in [0.1, 0.15) is 5.82 Å². The lowest BCUT2D eigenvalue weighted by molar-refractivity contribution is 0.251. The summed E-state index contributed by atoms with van der Waals surface area (Å²) in [5.74, 6) is 0.613. The van der Waals surface area contributed by atoms with Crippen LogP contribution in [0.5, 0.6) is 0 Å². The molecule has 2 heterocycles. The molecule has 0 saturated carbocycles. The molecule has 23 heavy (non-hydrogen) atoms. The minimum Gasteiger partial charge on any atom is -0.332 e. The van der Waals surface area contributed by atoms with Gasteiger partial charge in [-0.2, -0.15) is 10.2 Å². The smallest absolute Gasteiger partial charge is 0.320 e. The second-order valence-corrected chi connectivity index (χ2v) is 5.17. The fraction of sp³-hybridized carbons (Fsp3) is 0.188. The van der Waals surface area contributed by atoms with Gasteiger partial charge < -0.3 is 5.32 Å². The van der Waals surface area contributed by atoms with E-state index in [0.29, 0.717) is 12.4 Å². The summed E-state index contributed by atoms with van der Waals surface area (Å²) in [4.78, 5) is 12.1. The number of carbonyl (C=O) groups excluding carboxylic acids is 1. The van der Waals surface area contributed by atoms with Crippen molar-refractivity contribution in [3.05, 3.63) is 60.0 Å². The van der Waals surface area contributed by atoms with Crippen LogP contribution in [-0.4, -0.2) is 25.6 Å². The van der Waals surface area contributed by atoms with Crippen molar-refractivity contribution in [3.8, 4) is 5.69 Å². The summed E-state index contributed by atoms with van der Waals surface area (Å²) >= 11 is 0. The Bertz CT molecular complexity index is 819. The first-order valence-electron chi connectivity index (χ1n) is 7.27. The van der Waals surface area contributed by atoms with Crippen molar-refractivity contribution in [2.45, 2.75) is 13.5 Å². The van der Waals surface area contributed by atoms with Gasteiger partial charge in [0.05, 0.1) is 24.1 Å². The molecule has 3 aromatic rings. The molecule has 0 aliphatic rings. The highest BCUT2D eigenvalue weighted by atomic mass is 16.2. The molecule has 0 aliphatic heterocycles. The number of benzene rings is 1. The van der Waals surface area contributed by atoms with Gasteiger partial charge in [0.2, 0.25) is 0 Å². The lowest BCUT2D eigenvalue weighted by Crippen LogP contribution is -2.29. The fourth-order valence-electron chi connectivity index (χ4n) is 2.30. The van der Waals surface area contributed by atoms with E-state index >= 15 is 0 Å². The SMILES string of the molecule is Cc1ccccc1-n1nccc1NC(=O)NCc1ccnn1C. The summed E-state index contributed by atoms with van der Waals surface area (Å²) in [6.45, 7) is 2.41. The van der Waals surface area contributed by atoms with Crippen molar-refractivity contribution in [2.75, 3.05) is 5.32 Å². The molecule has 118 valence electrons. The van der Waals surface area contributed by atoms with E-state index in [0.717, 1.165) is 16.9 Å². The zero-order valence-electron chi connectivity index (χ0n) is 13.0. The summed E-state index contributed by atoms with van der Waals surface area (Å²) in [6.07, 6.45) is 3.35. The Balaban J connectivity index is 1.69. The lowest BCUT2D eigenvalue weighted by atomic mass is 10.2. The Kier molecular flexibility index (Phi) is 4.09. The van der Waals surface area contributed by atoms with Crippen LogP contribution in [0.15, 0.2) is 48.8 Å². The number of aromatic nitrogens is 4. The predicted molar refractivity (Wildman–Crippen MR) is 87.4 cm³/mol. The first kappa shape index (κ1) is 14.8. The van der Waals surface area contributed by atoms with Crippen molar-refractivity contribution in [3.63, 3.8) is 0 Å². The highest BCUT2D eigenvalue weighted by Gasteiger charge is 2.10. The second kappa shape index (κ2) is 6.35. The van der Waals surface area contributed by atoms with E-state index in [4.69, 9.17) is 0 Å². The van der Waals surface area contributed by atoms with E-state index in [1.165, 1.54) is 0 Å². The third-order valence-electron chi connectivity index (χ3n) is 3.58. The molecule has 0 radical (unpaired) electrons. The first-order valence-corrected chi connectivity index (χ1v) is 7.27. The van der Waals surface area contributed by atoms with Crippen LogP contribution in [-0.2, 0) is 13.6 Å². The van der Waals surface area contributed by atoms with E-state index in [1.807, 2.05) is 44.3 Å². The topological polar surface area (TPSA) is 76.8 Å². The van der Waals surface area contributed by atoms with Gasteiger partial charge in [-0.3, -0.25) is 10.00 Å². The Labute approximate surface area is 133 Å². The largest absolute Gasteiger partial charge is 0.332 e. The zero-order valence-corrected chi connectivity index (χ0v) is 13.0. The van der Waals surface area contributed by atoms with Gasteiger partial charge in [-0.05, 0) is 24.6 Å². The van der Waals surface area contributed by atoms with E-state index in [2.05, 4.69) is 20.8 Å². The Morgan fingerprint density at radius 3 is 2.65 bits per heavy atom. The van der Waals surface area contributed by atoms with Gasteiger partial charge >= 0.3 is 6.03 Å². The molecule has 1 aromatic carbocycles. The molecule has 0 spiro atoms. The van der Waals surface area contributed by atoms with Crippen molar-refractivity contribution in [1.29, 1.82) is 0 Å². The Hall–Kier alpha value is -3.09. The van der Waals surface area contributed by atoms with Crippen LogP contribution in [0.1, 0.15) is 11.3 Å². The maximum absolute atomic E-state index is 12.1. The first-order chi connectivity index (χ1) is 11.1. The molecule has 0 aliphatic carbocycles. The third kappa shape index (κ3) is 3.23. The lowest BCUT2D eigenvalue weighted by Gasteiger charge is -2.12. The quantitative estimate of drug-likeness (QED) is 0.776. The summed E-state index contributed by atoms with van der Waals surface area (Å²) in [6, 6.07) is 11.2. The molecular formula is C16H18N6O. The van der Waals surface area contributed by atoms with E-state index in [9.17, 15) is 4.79 Å². The van der Waals surface area contributed by atoms with Crippen LogP contribution in [0.25, 0.3) is 5.69 Å². The van der Waals surface area contributed by atoms with Crippen molar-refractivity contribution in [2.24, 2.45) is 7.05 Å². The molecule has 0 bridgehead atoms. The van der Waals surface area contributed by atoms with Gasteiger partial charge in [0.25, 0.3) is 0 Å². The number of nitrogens with zero attached hydrogens (tertiary/aromatic N) is 4.